The Hall–Kier alpha value is -0.525. The first-order valence-corrected chi connectivity index (χ1v) is 7.09. The predicted molar refractivity (Wildman–Crippen MR) is 73.6 cm³/mol. The lowest BCUT2D eigenvalue weighted by Gasteiger charge is -2.21. The summed E-state index contributed by atoms with van der Waals surface area (Å²) in [6.07, 6.45) is 0.979. The van der Waals surface area contributed by atoms with Gasteiger partial charge in [-0.2, -0.15) is 0 Å². The van der Waals surface area contributed by atoms with Crippen LogP contribution >= 0.6 is 8.58 Å². The SMILES string of the molecule is [B]N(CC)CPC1Nc2ccccc2C1C. The predicted octanol–water partition coefficient (Wildman–Crippen LogP) is 2.58. The third-order valence-corrected chi connectivity index (χ3v) is 4.86. The van der Waals surface area contributed by atoms with E-state index in [0.29, 0.717) is 11.7 Å². The Balaban J connectivity index is 1.96. The second kappa shape index (κ2) is 5.20. The van der Waals surface area contributed by atoms with Gasteiger partial charge in [-0.15, -0.1) is 0 Å². The first-order chi connectivity index (χ1) is 7.72. The summed E-state index contributed by atoms with van der Waals surface area (Å²) in [7, 11) is 6.65. The summed E-state index contributed by atoms with van der Waals surface area (Å²) in [6, 6.07) is 8.59. The normalized spacial score (nSPS) is 23.9. The van der Waals surface area contributed by atoms with Crippen molar-refractivity contribution in [3.8, 4) is 0 Å². The minimum Gasteiger partial charge on any atom is -0.378 e. The molecular weight excluding hydrogens is 214 g/mol. The Morgan fingerprint density at radius 2 is 2.19 bits per heavy atom. The molecule has 4 heteroatoms. The van der Waals surface area contributed by atoms with Gasteiger partial charge >= 0.3 is 0 Å². The van der Waals surface area contributed by atoms with Crippen molar-refractivity contribution in [1.82, 2.24) is 4.81 Å². The number of hydrogen-bond donors (Lipinski definition) is 1. The van der Waals surface area contributed by atoms with E-state index in [1.807, 2.05) is 4.81 Å². The standard InChI is InChI=1S/C12H18BN2P/c1-3-15(13)8-16-12-9(2)10-6-4-5-7-11(10)14-12/h4-7,9,12,14,16H,3,8H2,1-2H3. The Morgan fingerprint density at radius 1 is 1.44 bits per heavy atom. The van der Waals surface area contributed by atoms with Gasteiger partial charge in [-0.25, -0.2) is 0 Å². The van der Waals surface area contributed by atoms with Crippen molar-refractivity contribution in [2.45, 2.75) is 25.5 Å². The van der Waals surface area contributed by atoms with Crippen LogP contribution in [0.15, 0.2) is 24.3 Å². The third-order valence-electron chi connectivity index (χ3n) is 3.18. The summed E-state index contributed by atoms with van der Waals surface area (Å²) in [5.74, 6) is 1.15. The van der Waals surface area contributed by atoms with E-state index in [-0.39, 0.29) is 0 Å². The quantitative estimate of drug-likeness (QED) is 0.634. The molecule has 1 aromatic rings. The summed E-state index contributed by atoms with van der Waals surface area (Å²) >= 11 is 0. The molecule has 1 heterocycles. The van der Waals surface area contributed by atoms with Gasteiger partial charge in [0.25, 0.3) is 0 Å². The van der Waals surface area contributed by atoms with Crippen molar-refractivity contribution in [2.75, 3.05) is 18.1 Å². The van der Waals surface area contributed by atoms with Crippen molar-refractivity contribution < 1.29 is 0 Å². The Kier molecular flexibility index (Phi) is 3.88. The van der Waals surface area contributed by atoms with Gasteiger partial charge in [0.2, 0.25) is 0 Å². The van der Waals surface area contributed by atoms with Crippen LogP contribution in [0.4, 0.5) is 5.69 Å². The van der Waals surface area contributed by atoms with E-state index in [1.165, 1.54) is 11.3 Å². The van der Waals surface area contributed by atoms with Crippen LogP contribution in [0.25, 0.3) is 0 Å². The number of rotatable bonds is 4. The summed E-state index contributed by atoms with van der Waals surface area (Å²) < 4.78 is 0. The first-order valence-electron chi connectivity index (χ1n) is 5.81. The van der Waals surface area contributed by atoms with Gasteiger partial charge in [0, 0.05) is 17.9 Å². The number of anilines is 1. The summed E-state index contributed by atoms with van der Waals surface area (Å²) in [4.78, 5) is 1.88. The summed E-state index contributed by atoms with van der Waals surface area (Å²) in [5, 5.41) is 3.59. The molecule has 2 radical (unpaired) electrons. The molecule has 0 bridgehead atoms. The lowest BCUT2D eigenvalue weighted by atomic mass is 10.0. The second-order valence-electron chi connectivity index (χ2n) is 4.27. The molecule has 2 rings (SSSR count). The Labute approximate surface area is 101 Å². The first kappa shape index (κ1) is 11.9. The fourth-order valence-corrected chi connectivity index (χ4v) is 3.50. The molecular formula is C12H18BN2P. The van der Waals surface area contributed by atoms with Gasteiger partial charge in [-0.05, 0) is 18.2 Å². The van der Waals surface area contributed by atoms with E-state index in [1.54, 1.807) is 0 Å². The van der Waals surface area contributed by atoms with Gasteiger partial charge in [0.05, 0.1) is 5.78 Å². The van der Waals surface area contributed by atoms with Crippen LogP contribution in [0.1, 0.15) is 25.3 Å². The zero-order valence-electron chi connectivity index (χ0n) is 9.90. The topological polar surface area (TPSA) is 15.3 Å². The van der Waals surface area contributed by atoms with Crippen molar-refractivity contribution in [1.29, 1.82) is 0 Å². The molecule has 1 aliphatic heterocycles. The highest BCUT2D eigenvalue weighted by Gasteiger charge is 2.27. The lowest BCUT2D eigenvalue weighted by Crippen LogP contribution is -2.22. The van der Waals surface area contributed by atoms with Crippen molar-refractivity contribution in [2.24, 2.45) is 0 Å². The molecule has 0 amide bonds. The molecule has 0 saturated carbocycles. The van der Waals surface area contributed by atoms with Crippen molar-refractivity contribution in [3.63, 3.8) is 0 Å². The second-order valence-corrected chi connectivity index (χ2v) is 5.61. The molecule has 0 spiro atoms. The maximum Gasteiger partial charge on any atom is 0.182 e. The van der Waals surface area contributed by atoms with Gasteiger partial charge < -0.3 is 10.1 Å². The van der Waals surface area contributed by atoms with E-state index < -0.39 is 0 Å². The number of nitrogens with zero attached hydrogens (tertiary/aromatic N) is 1. The van der Waals surface area contributed by atoms with E-state index in [2.05, 4.69) is 43.4 Å². The molecule has 0 aliphatic carbocycles. The van der Waals surface area contributed by atoms with E-state index in [4.69, 9.17) is 7.98 Å². The number of nitrogens with one attached hydrogen (secondary N) is 1. The molecule has 3 atom stereocenters. The molecule has 0 fully saturated rings. The number of para-hydroxylation sites is 1. The molecule has 16 heavy (non-hydrogen) atoms. The highest BCUT2D eigenvalue weighted by molar-refractivity contribution is 7.39. The van der Waals surface area contributed by atoms with Gasteiger partial charge in [-0.3, -0.25) is 0 Å². The zero-order valence-corrected chi connectivity index (χ0v) is 10.9. The highest BCUT2D eigenvalue weighted by Crippen LogP contribution is 2.42. The molecule has 1 aliphatic rings. The molecule has 1 N–H and O–H groups in total. The lowest BCUT2D eigenvalue weighted by molar-refractivity contribution is 0.556. The fraction of sp³-hybridized carbons (Fsp3) is 0.500. The van der Waals surface area contributed by atoms with Crippen LogP contribution in [0.5, 0.6) is 0 Å². The number of benzene rings is 1. The van der Waals surface area contributed by atoms with Crippen LogP contribution in [0.3, 0.4) is 0 Å². The van der Waals surface area contributed by atoms with Gasteiger partial charge in [-0.1, -0.05) is 40.6 Å². The molecule has 1 aromatic carbocycles. The van der Waals surface area contributed by atoms with Crippen LogP contribution in [-0.2, 0) is 0 Å². The highest BCUT2D eigenvalue weighted by atomic mass is 31.1. The molecule has 84 valence electrons. The monoisotopic (exact) mass is 232 g/mol. The zero-order chi connectivity index (χ0) is 11.5. The van der Waals surface area contributed by atoms with Gasteiger partial charge in [0.15, 0.2) is 7.98 Å². The van der Waals surface area contributed by atoms with Crippen LogP contribution in [0, 0.1) is 0 Å². The smallest absolute Gasteiger partial charge is 0.182 e. The van der Waals surface area contributed by atoms with Crippen LogP contribution in [-0.4, -0.2) is 31.4 Å². The maximum atomic E-state index is 5.81. The summed E-state index contributed by atoms with van der Waals surface area (Å²) in [6.45, 7) is 5.30. The Morgan fingerprint density at radius 3 is 2.88 bits per heavy atom. The average Bonchev–Trinajstić information content (AvgIpc) is 2.64. The maximum absolute atomic E-state index is 5.81. The average molecular weight is 232 g/mol. The minimum atomic E-state index is 0.551. The van der Waals surface area contributed by atoms with E-state index >= 15 is 0 Å². The number of hydrogen-bond acceptors (Lipinski definition) is 2. The van der Waals surface area contributed by atoms with Crippen LogP contribution < -0.4 is 5.32 Å². The third kappa shape index (κ3) is 2.41. The van der Waals surface area contributed by atoms with Crippen molar-refractivity contribution >= 4 is 22.2 Å². The van der Waals surface area contributed by atoms with Crippen LogP contribution in [0.2, 0.25) is 0 Å². The fourth-order valence-electron chi connectivity index (χ4n) is 2.05. The molecule has 0 saturated heterocycles. The number of fused-ring (bicyclic) bond motifs is 1. The van der Waals surface area contributed by atoms with E-state index in [9.17, 15) is 0 Å². The van der Waals surface area contributed by atoms with E-state index in [0.717, 1.165) is 21.4 Å². The Bertz CT molecular complexity index is 359. The molecule has 3 unspecified atom stereocenters. The minimum absolute atomic E-state index is 0.551. The largest absolute Gasteiger partial charge is 0.378 e. The molecule has 2 nitrogen and oxygen atoms in total. The molecule has 0 aromatic heterocycles. The van der Waals surface area contributed by atoms with Gasteiger partial charge in [0.1, 0.15) is 0 Å². The summed E-state index contributed by atoms with van der Waals surface area (Å²) in [5.41, 5.74) is 2.74. The van der Waals surface area contributed by atoms with Crippen molar-refractivity contribution in [3.05, 3.63) is 29.8 Å².